The van der Waals surface area contributed by atoms with Crippen molar-refractivity contribution in [3.05, 3.63) is 29.8 Å². The second kappa shape index (κ2) is 8.92. The molecule has 0 radical (unpaired) electrons. The minimum absolute atomic E-state index is 0.0693. The number of urea groups is 1. The maximum absolute atomic E-state index is 12.5. The van der Waals surface area contributed by atoms with Crippen molar-refractivity contribution in [2.24, 2.45) is 0 Å². The highest BCUT2D eigenvalue weighted by Gasteiger charge is 2.24. The summed E-state index contributed by atoms with van der Waals surface area (Å²) in [6.07, 6.45) is 7.22. The van der Waals surface area contributed by atoms with Crippen molar-refractivity contribution in [2.75, 3.05) is 38.2 Å². The summed E-state index contributed by atoms with van der Waals surface area (Å²) in [6.45, 7) is 2.92. The summed E-state index contributed by atoms with van der Waals surface area (Å²) in [5.74, 6) is -0.326. The van der Waals surface area contributed by atoms with Crippen molar-refractivity contribution in [3.63, 3.8) is 0 Å². The standard InChI is InChI=1S/C20H29N3O3/c1-26-19(24)16-7-6-10-18(15-16)22-11-13-23(14-12-22)20(25)21-17-8-4-2-3-5-9-17/h6-7,10,15,17H,2-5,8-9,11-14H2,1H3,(H,21,25). The summed E-state index contributed by atoms with van der Waals surface area (Å²) in [5.41, 5.74) is 1.55. The Morgan fingerprint density at radius 2 is 1.73 bits per heavy atom. The molecule has 2 fully saturated rings. The molecule has 0 unspecified atom stereocenters. The van der Waals surface area contributed by atoms with Crippen LogP contribution in [0.4, 0.5) is 10.5 Å². The Kier molecular flexibility index (Phi) is 6.36. The van der Waals surface area contributed by atoms with E-state index < -0.39 is 0 Å². The van der Waals surface area contributed by atoms with Crippen LogP contribution in [0.3, 0.4) is 0 Å². The van der Waals surface area contributed by atoms with Gasteiger partial charge in [-0.1, -0.05) is 31.7 Å². The van der Waals surface area contributed by atoms with Gasteiger partial charge in [-0.3, -0.25) is 0 Å². The molecule has 6 nitrogen and oxygen atoms in total. The SMILES string of the molecule is COC(=O)c1cccc(N2CCN(C(=O)NC3CCCCCC3)CC2)c1. The van der Waals surface area contributed by atoms with E-state index in [1.54, 1.807) is 6.07 Å². The van der Waals surface area contributed by atoms with Crippen LogP contribution in [-0.4, -0.2) is 56.2 Å². The van der Waals surface area contributed by atoms with E-state index in [0.717, 1.165) is 31.6 Å². The first-order chi connectivity index (χ1) is 12.7. The predicted molar refractivity (Wildman–Crippen MR) is 102 cm³/mol. The van der Waals surface area contributed by atoms with Crippen LogP contribution < -0.4 is 10.2 Å². The van der Waals surface area contributed by atoms with Gasteiger partial charge in [-0.05, 0) is 31.0 Å². The zero-order valence-corrected chi connectivity index (χ0v) is 15.6. The van der Waals surface area contributed by atoms with Gasteiger partial charge in [0.2, 0.25) is 0 Å². The number of ether oxygens (including phenoxy) is 1. The summed E-state index contributed by atoms with van der Waals surface area (Å²) in [5, 5.41) is 3.22. The first-order valence-electron chi connectivity index (χ1n) is 9.66. The molecule has 0 bridgehead atoms. The van der Waals surface area contributed by atoms with Crippen molar-refractivity contribution in [1.82, 2.24) is 10.2 Å². The van der Waals surface area contributed by atoms with Crippen LogP contribution in [0, 0.1) is 0 Å². The fourth-order valence-electron chi connectivity index (χ4n) is 3.80. The van der Waals surface area contributed by atoms with Gasteiger partial charge in [0.1, 0.15) is 0 Å². The summed E-state index contributed by atoms with van der Waals surface area (Å²) >= 11 is 0. The lowest BCUT2D eigenvalue weighted by Crippen LogP contribution is -2.53. The third kappa shape index (κ3) is 4.68. The van der Waals surface area contributed by atoms with Gasteiger partial charge in [-0.15, -0.1) is 0 Å². The van der Waals surface area contributed by atoms with E-state index in [2.05, 4.69) is 10.2 Å². The zero-order chi connectivity index (χ0) is 18.4. The first kappa shape index (κ1) is 18.5. The highest BCUT2D eigenvalue weighted by molar-refractivity contribution is 5.90. The number of piperazine rings is 1. The molecule has 2 aliphatic rings. The highest BCUT2D eigenvalue weighted by Crippen LogP contribution is 2.20. The van der Waals surface area contributed by atoms with Gasteiger partial charge in [0, 0.05) is 37.9 Å². The number of benzene rings is 1. The van der Waals surface area contributed by atoms with E-state index in [-0.39, 0.29) is 12.0 Å². The van der Waals surface area contributed by atoms with Gasteiger partial charge in [0.25, 0.3) is 0 Å². The molecule has 1 aromatic rings. The van der Waals surface area contributed by atoms with Gasteiger partial charge in [-0.2, -0.15) is 0 Å². The largest absolute Gasteiger partial charge is 0.465 e. The van der Waals surface area contributed by atoms with Gasteiger partial charge in [-0.25, -0.2) is 9.59 Å². The highest BCUT2D eigenvalue weighted by atomic mass is 16.5. The van der Waals surface area contributed by atoms with Crippen LogP contribution in [0.5, 0.6) is 0 Å². The van der Waals surface area contributed by atoms with E-state index in [4.69, 9.17) is 4.74 Å². The number of nitrogens with zero attached hydrogens (tertiary/aromatic N) is 2. The lowest BCUT2D eigenvalue weighted by molar-refractivity contribution is 0.0600. The monoisotopic (exact) mass is 359 g/mol. The van der Waals surface area contributed by atoms with Crippen LogP contribution in [0.2, 0.25) is 0 Å². The molecule has 142 valence electrons. The normalized spacial score (nSPS) is 19.0. The predicted octanol–water partition coefficient (Wildman–Crippen LogP) is 3.03. The third-order valence-corrected chi connectivity index (χ3v) is 5.38. The van der Waals surface area contributed by atoms with Crippen LogP contribution in [0.15, 0.2) is 24.3 Å². The number of esters is 1. The molecule has 0 atom stereocenters. The van der Waals surface area contributed by atoms with Gasteiger partial charge in [0.05, 0.1) is 12.7 Å². The summed E-state index contributed by atoms with van der Waals surface area (Å²) in [6, 6.07) is 7.87. The minimum Gasteiger partial charge on any atom is -0.465 e. The van der Waals surface area contributed by atoms with Crippen molar-refractivity contribution >= 4 is 17.7 Å². The minimum atomic E-state index is -0.326. The molecule has 0 spiro atoms. The number of carbonyl (C=O) groups excluding carboxylic acids is 2. The molecular weight excluding hydrogens is 330 g/mol. The number of rotatable bonds is 3. The quantitative estimate of drug-likeness (QED) is 0.666. The molecule has 1 aliphatic carbocycles. The molecule has 2 amide bonds. The Bertz CT molecular complexity index is 618. The molecular formula is C20H29N3O3. The molecule has 1 N–H and O–H groups in total. The number of nitrogens with one attached hydrogen (secondary N) is 1. The van der Waals surface area contributed by atoms with Gasteiger partial charge < -0.3 is 19.9 Å². The molecule has 6 heteroatoms. The number of hydrogen-bond donors (Lipinski definition) is 1. The van der Waals surface area contributed by atoms with E-state index in [0.29, 0.717) is 24.7 Å². The van der Waals surface area contributed by atoms with Crippen molar-refractivity contribution in [3.8, 4) is 0 Å². The molecule has 1 aromatic carbocycles. The van der Waals surface area contributed by atoms with Gasteiger partial charge >= 0.3 is 12.0 Å². The van der Waals surface area contributed by atoms with Gasteiger partial charge in [0.15, 0.2) is 0 Å². The Labute approximate surface area is 155 Å². The second-order valence-corrected chi connectivity index (χ2v) is 7.15. The van der Waals surface area contributed by atoms with Crippen molar-refractivity contribution in [1.29, 1.82) is 0 Å². The Hall–Kier alpha value is -2.24. The molecule has 0 aromatic heterocycles. The molecule has 26 heavy (non-hydrogen) atoms. The fraction of sp³-hybridized carbons (Fsp3) is 0.600. The average molecular weight is 359 g/mol. The lowest BCUT2D eigenvalue weighted by atomic mass is 10.1. The number of amides is 2. The number of methoxy groups -OCH3 is 1. The summed E-state index contributed by atoms with van der Waals surface area (Å²) < 4.78 is 4.79. The number of hydrogen-bond acceptors (Lipinski definition) is 4. The lowest BCUT2D eigenvalue weighted by Gasteiger charge is -2.36. The molecule has 1 saturated heterocycles. The van der Waals surface area contributed by atoms with E-state index >= 15 is 0 Å². The average Bonchev–Trinajstić information content (AvgIpc) is 2.96. The van der Waals surface area contributed by atoms with Crippen LogP contribution >= 0.6 is 0 Å². The molecule has 1 aliphatic heterocycles. The molecule has 1 heterocycles. The van der Waals surface area contributed by atoms with Crippen LogP contribution in [-0.2, 0) is 4.74 Å². The van der Waals surface area contributed by atoms with E-state index in [1.165, 1.54) is 32.8 Å². The van der Waals surface area contributed by atoms with Crippen LogP contribution in [0.25, 0.3) is 0 Å². The summed E-state index contributed by atoms with van der Waals surface area (Å²) in [4.78, 5) is 28.4. The van der Waals surface area contributed by atoms with E-state index in [1.807, 2.05) is 23.1 Å². The Morgan fingerprint density at radius 3 is 2.38 bits per heavy atom. The molecule has 3 rings (SSSR count). The maximum Gasteiger partial charge on any atom is 0.337 e. The summed E-state index contributed by atoms with van der Waals surface area (Å²) in [7, 11) is 1.39. The van der Waals surface area contributed by atoms with E-state index in [9.17, 15) is 9.59 Å². The van der Waals surface area contributed by atoms with Crippen LogP contribution in [0.1, 0.15) is 48.9 Å². The Morgan fingerprint density at radius 1 is 1.04 bits per heavy atom. The first-order valence-corrected chi connectivity index (χ1v) is 9.66. The molecule has 1 saturated carbocycles. The fourth-order valence-corrected chi connectivity index (χ4v) is 3.80. The topological polar surface area (TPSA) is 61.9 Å². The number of anilines is 1. The maximum atomic E-state index is 12.5. The van der Waals surface area contributed by atoms with Crippen molar-refractivity contribution in [2.45, 2.75) is 44.6 Å². The third-order valence-electron chi connectivity index (χ3n) is 5.38. The zero-order valence-electron chi connectivity index (χ0n) is 15.6. The smallest absolute Gasteiger partial charge is 0.337 e. The second-order valence-electron chi connectivity index (χ2n) is 7.15. The van der Waals surface area contributed by atoms with Crippen molar-refractivity contribution < 1.29 is 14.3 Å². The Balaban J connectivity index is 1.52. The number of carbonyl (C=O) groups is 2.